The van der Waals surface area contributed by atoms with Crippen LogP contribution in [0.1, 0.15) is 12.8 Å². The Bertz CT molecular complexity index is 682. The second-order valence-electron chi connectivity index (χ2n) is 5.09. The number of aromatic amines is 1. The van der Waals surface area contributed by atoms with E-state index in [9.17, 15) is 9.35 Å². The van der Waals surface area contributed by atoms with Gasteiger partial charge in [-0.15, -0.1) is 4.31 Å². The Hall–Kier alpha value is -1.64. The lowest BCUT2D eigenvalue weighted by atomic mass is 10.1. The van der Waals surface area contributed by atoms with Crippen LogP contribution in [0.5, 0.6) is 0 Å². The molecule has 0 aromatic carbocycles. The van der Waals surface area contributed by atoms with Crippen LogP contribution in [0.15, 0.2) is 23.1 Å². The summed E-state index contributed by atoms with van der Waals surface area (Å²) in [5.41, 5.74) is 0.359. The lowest BCUT2D eigenvalue weighted by Gasteiger charge is -2.30. The molecule has 0 amide bonds. The van der Waals surface area contributed by atoms with Gasteiger partial charge in [0.1, 0.15) is 11.9 Å². The number of H-pyrrole nitrogens is 1. The molecule has 8 heteroatoms. The van der Waals surface area contributed by atoms with Crippen LogP contribution in [-0.4, -0.2) is 49.2 Å². The molecule has 2 aromatic heterocycles. The van der Waals surface area contributed by atoms with Crippen molar-refractivity contribution in [2.24, 2.45) is 0 Å². The van der Waals surface area contributed by atoms with Crippen LogP contribution < -0.4 is 10.9 Å². The fourth-order valence-electron chi connectivity index (χ4n) is 2.45. The van der Waals surface area contributed by atoms with Crippen molar-refractivity contribution < 1.29 is 4.55 Å². The van der Waals surface area contributed by atoms with E-state index in [-0.39, 0.29) is 11.6 Å². The summed E-state index contributed by atoms with van der Waals surface area (Å²) < 4.78 is 13.4. The molecule has 0 aliphatic carbocycles. The molecule has 0 spiro atoms. The van der Waals surface area contributed by atoms with Crippen LogP contribution in [-0.2, 0) is 11.4 Å². The first-order chi connectivity index (χ1) is 10.1. The number of aromatic nitrogens is 3. The molecule has 1 unspecified atom stereocenters. The third kappa shape index (κ3) is 3.34. The summed E-state index contributed by atoms with van der Waals surface area (Å²) >= 11 is -0.900. The van der Waals surface area contributed by atoms with Crippen molar-refractivity contribution in [3.05, 3.63) is 28.7 Å². The zero-order chi connectivity index (χ0) is 14.8. The predicted molar refractivity (Wildman–Crippen MR) is 82.4 cm³/mol. The number of rotatable bonds is 3. The molecule has 1 aliphatic heterocycles. The smallest absolute Gasteiger partial charge is 0.249 e. The molecule has 0 saturated carbocycles. The highest BCUT2D eigenvalue weighted by Crippen LogP contribution is 2.17. The van der Waals surface area contributed by atoms with Gasteiger partial charge >= 0.3 is 0 Å². The van der Waals surface area contributed by atoms with Gasteiger partial charge in [0.15, 0.2) is 0 Å². The average molecular weight is 307 g/mol. The zero-order valence-electron chi connectivity index (χ0n) is 11.7. The van der Waals surface area contributed by atoms with E-state index in [0.29, 0.717) is 11.6 Å². The molecule has 112 valence electrons. The highest BCUT2D eigenvalue weighted by atomic mass is 32.2. The number of hydrogen-bond donors (Lipinski definition) is 2. The van der Waals surface area contributed by atoms with Crippen LogP contribution in [0.25, 0.3) is 11.0 Å². The molecule has 1 saturated heterocycles. The average Bonchev–Trinajstić information content (AvgIpc) is 2.47. The fraction of sp³-hybridized carbons (Fsp3) is 0.462. The first-order valence-corrected chi connectivity index (χ1v) is 8.34. The molecular weight excluding hydrogens is 290 g/mol. The van der Waals surface area contributed by atoms with Gasteiger partial charge in [-0.25, -0.2) is 4.98 Å². The summed E-state index contributed by atoms with van der Waals surface area (Å²) in [5.74, 6) is 0.514. The summed E-state index contributed by atoms with van der Waals surface area (Å²) in [5, 5.41) is 4.08. The maximum absolute atomic E-state index is 11.4. The monoisotopic (exact) mass is 307 g/mol. The van der Waals surface area contributed by atoms with E-state index in [1.165, 1.54) is 6.07 Å². The van der Waals surface area contributed by atoms with Crippen molar-refractivity contribution in [3.8, 4) is 0 Å². The number of anilines is 1. The van der Waals surface area contributed by atoms with Crippen molar-refractivity contribution in [2.45, 2.75) is 18.9 Å². The number of piperidine rings is 1. The highest BCUT2D eigenvalue weighted by Gasteiger charge is 2.24. The van der Waals surface area contributed by atoms with Gasteiger partial charge in [-0.05, 0) is 18.9 Å². The molecule has 3 rings (SSSR count). The molecule has 7 nitrogen and oxygen atoms in total. The van der Waals surface area contributed by atoms with E-state index in [1.54, 1.807) is 18.5 Å². The molecule has 1 aliphatic rings. The number of nitrogens with one attached hydrogen (secondary N) is 2. The Morgan fingerprint density at radius 3 is 2.90 bits per heavy atom. The molecule has 1 fully saturated rings. The first kappa shape index (κ1) is 14.3. The summed E-state index contributed by atoms with van der Waals surface area (Å²) in [6.07, 6.45) is 5.19. The third-order valence-corrected chi connectivity index (χ3v) is 4.72. The van der Waals surface area contributed by atoms with Crippen LogP contribution in [0.2, 0.25) is 0 Å². The van der Waals surface area contributed by atoms with E-state index in [0.717, 1.165) is 31.3 Å². The van der Waals surface area contributed by atoms with E-state index in [1.807, 2.05) is 4.31 Å². The predicted octanol–water partition coefficient (Wildman–Crippen LogP) is 0.488. The summed E-state index contributed by atoms with van der Waals surface area (Å²) in [7, 11) is 0. The van der Waals surface area contributed by atoms with E-state index in [2.05, 4.69) is 20.3 Å². The van der Waals surface area contributed by atoms with Crippen LogP contribution in [0.4, 0.5) is 5.95 Å². The van der Waals surface area contributed by atoms with Gasteiger partial charge in [-0.2, -0.15) is 4.98 Å². The quantitative estimate of drug-likeness (QED) is 0.801. The van der Waals surface area contributed by atoms with Crippen molar-refractivity contribution in [2.75, 3.05) is 24.7 Å². The number of pyridine rings is 1. The van der Waals surface area contributed by atoms with E-state index < -0.39 is 11.4 Å². The second kappa shape index (κ2) is 6.00. The van der Waals surface area contributed by atoms with Gasteiger partial charge in [0.25, 0.3) is 0 Å². The molecule has 2 N–H and O–H groups in total. The van der Waals surface area contributed by atoms with Gasteiger partial charge in [0.05, 0.1) is 0 Å². The standard InChI is InChI=1S/C13H17N5O2S/c1-21(20)18-6-4-10(5-7-18)15-13-14-8-9-2-3-11(19)16-12(9)17-13/h2-3,8,10H,4-7H2,1H3,(H2,14,15,16,17,19). The highest BCUT2D eigenvalue weighted by molar-refractivity contribution is 7.88. The Labute approximate surface area is 125 Å². The minimum Gasteiger partial charge on any atom is -0.598 e. The largest absolute Gasteiger partial charge is 0.598 e. The summed E-state index contributed by atoms with van der Waals surface area (Å²) in [6.45, 7) is 1.59. The number of fused-ring (bicyclic) bond motifs is 1. The molecule has 0 bridgehead atoms. The molecule has 0 radical (unpaired) electrons. The third-order valence-electron chi connectivity index (χ3n) is 3.62. The maximum Gasteiger partial charge on any atom is 0.249 e. The molecule has 3 heterocycles. The topological polar surface area (TPSA) is 97.0 Å². The Balaban J connectivity index is 1.69. The van der Waals surface area contributed by atoms with Gasteiger partial charge in [0.2, 0.25) is 11.5 Å². The SMILES string of the molecule is C[S+]([O-])N1CCC(Nc2ncc3ccc(=O)[nH]c3n2)CC1. The van der Waals surface area contributed by atoms with Crippen molar-refractivity contribution in [3.63, 3.8) is 0 Å². The minimum absolute atomic E-state index is 0.175. The summed E-state index contributed by atoms with van der Waals surface area (Å²) in [4.78, 5) is 22.6. The minimum atomic E-state index is -0.900. The Morgan fingerprint density at radius 2 is 2.19 bits per heavy atom. The molecule has 1 atom stereocenters. The number of hydrogen-bond acceptors (Lipinski definition) is 6. The van der Waals surface area contributed by atoms with Crippen molar-refractivity contribution in [1.82, 2.24) is 19.3 Å². The Kier molecular flexibility index (Phi) is 4.09. The number of nitrogens with zero attached hydrogens (tertiary/aromatic N) is 3. The van der Waals surface area contributed by atoms with Crippen LogP contribution >= 0.6 is 0 Å². The molecule has 21 heavy (non-hydrogen) atoms. The van der Waals surface area contributed by atoms with Crippen LogP contribution in [0.3, 0.4) is 0 Å². The van der Waals surface area contributed by atoms with Crippen molar-refractivity contribution >= 4 is 28.3 Å². The zero-order valence-corrected chi connectivity index (χ0v) is 12.5. The first-order valence-electron chi connectivity index (χ1n) is 6.83. The maximum atomic E-state index is 11.4. The summed E-state index contributed by atoms with van der Waals surface area (Å²) in [6, 6.07) is 3.42. The van der Waals surface area contributed by atoms with Crippen molar-refractivity contribution in [1.29, 1.82) is 0 Å². The van der Waals surface area contributed by atoms with Gasteiger partial charge < -0.3 is 14.9 Å². The molecular formula is C13H17N5O2S. The lowest BCUT2D eigenvalue weighted by molar-refractivity contribution is 0.331. The lowest BCUT2D eigenvalue weighted by Crippen LogP contribution is -2.42. The van der Waals surface area contributed by atoms with Gasteiger partial charge in [-0.1, -0.05) is 0 Å². The second-order valence-corrected chi connectivity index (χ2v) is 6.46. The molecule has 2 aromatic rings. The van der Waals surface area contributed by atoms with Crippen LogP contribution in [0, 0.1) is 0 Å². The fourth-order valence-corrected chi connectivity index (χ4v) is 3.17. The van der Waals surface area contributed by atoms with Gasteiger partial charge in [0, 0.05) is 48.1 Å². The van der Waals surface area contributed by atoms with Gasteiger partial charge in [-0.3, -0.25) is 4.79 Å². The Morgan fingerprint density at radius 1 is 1.43 bits per heavy atom. The van der Waals surface area contributed by atoms with E-state index >= 15 is 0 Å². The normalized spacial score (nSPS) is 18.8. The van der Waals surface area contributed by atoms with E-state index in [4.69, 9.17) is 0 Å².